The fourth-order valence-electron chi connectivity index (χ4n) is 4.98. The van der Waals surface area contributed by atoms with E-state index < -0.39 is 11.9 Å². The summed E-state index contributed by atoms with van der Waals surface area (Å²) in [6, 6.07) is 20.6. The fourth-order valence-corrected chi connectivity index (χ4v) is 4.98. The summed E-state index contributed by atoms with van der Waals surface area (Å²) in [5.74, 6) is 0.0962. The molecule has 0 fully saturated rings. The molecule has 1 N–H and O–H groups in total. The number of unbranched alkanes of at least 4 members (excludes halogenated alkanes) is 4. The standard InChI is InChI=1S/C36H40N2O5/c1-4-5-6-7-8-19-43-32-16-13-27(14-17-32)31-23-37-35(38-24-31)28-11-9-26(10-12-28)21-30(36(40)41)22-33(39)29-15-18-34(42-3)25(2)20-29/h9-18,20,23-24,30H,4-8,19,21-22H2,1-3H3,(H,40,41)/t30-/m1/s1. The molecule has 0 amide bonds. The number of aliphatic carboxylic acids is 1. The lowest BCUT2D eigenvalue weighted by atomic mass is 9.91. The molecule has 0 aliphatic rings. The number of ether oxygens (including phenoxy) is 2. The van der Waals surface area contributed by atoms with Crippen LogP contribution >= 0.6 is 0 Å². The molecule has 7 heteroatoms. The van der Waals surface area contributed by atoms with Crippen LogP contribution in [0, 0.1) is 12.8 Å². The zero-order valence-corrected chi connectivity index (χ0v) is 25.2. The minimum absolute atomic E-state index is 0.0838. The summed E-state index contributed by atoms with van der Waals surface area (Å²) in [6.45, 7) is 4.80. The molecule has 0 saturated carbocycles. The third kappa shape index (κ3) is 8.98. The van der Waals surface area contributed by atoms with Crippen molar-refractivity contribution in [3.8, 4) is 34.0 Å². The summed E-state index contributed by atoms with van der Waals surface area (Å²) in [5.41, 5.74) is 4.89. The zero-order valence-electron chi connectivity index (χ0n) is 25.2. The molecule has 224 valence electrons. The highest BCUT2D eigenvalue weighted by Gasteiger charge is 2.23. The number of hydrogen-bond acceptors (Lipinski definition) is 6. The molecular weight excluding hydrogens is 540 g/mol. The third-order valence-electron chi connectivity index (χ3n) is 7.55. The van der Waals surface area contributed by atoms with Crippen molar-refractivity contribution in [2.45, 2.75) is 58.8 Å². The molecule has 3 aromatic carbocycles. The van der Waals surface area contributed by atoms with Gasteiger partial charge >= 0.3 is 5.97 Å². The number of nitrogens with zero attached hydrogens (tertiary/aromatic N) is 2. The lowest BCUT2D eigenvalue weighted by molar-refractivity contribution is -0.141. The first-order valence-corrected chi connectivity index (χ1v) is 14.9. The van der Waals surface area contributed by atoms with Crippen molar-refractivity contribution in [1.29, 1.82) is 0 Å². The summed E-state index contributed by atoms with van der Waals surface area (Å²) < 4.78 is 11.1. The Bertz CT molecular complexity index is 1480. The number of methoxy groups -OCH3 is 1. The molecule has 7 nitrogen and oxygen atoms in total. The average molecular weight is 581 g/mol. The molecule has 4 aromatic rings. The van der Waals surface area contributed by atoms with Gasteiger partial charge in [-0.15, -0.1) is 0 Å². The number of hydrogen-bond donors (Lipinski definition) is 1. The molecule has 0 unspecified atom stereocenters. The van der Waals surface area contributed by atoms with Gasteiger partial charge in [-0.2, -0.15) is 0 Å². The summed E-state index contributed by atoms with van der Waals surface area (Å²) in [4.78, 5) is 33.9. The molecule has 0 radical (unpaired) electrons. The largest absolute Gasteiger partial charge is 0.496 e. The lowest BCUT2D eigenvalue weighted by Crippen LogP contribution is -2.20. The van der Waals surface area contributed by atoms with Crippen molar-refractivity contribution in [1.82, 2.24) is 9.97 Å². The maximum atomic E-state index is 12.8. The first-order chi connectivity index (χ1) is 20.9. The summed E-state index contributed by atoms with van der Waals surface area (Å²) in [7, 11) is 1.57. The number of carboxylic acid groups (broad SMARTS) is 1. The van der Waals surface area contributed by atoms with Crippen LogP contribution in [-0.4, -0.2) is 40.5 Å². The van der Waals surface area contributed by atoms with E-state index in [1.165, 1.54) is 25.7 Å². The van der Waals surface area contributed by atoms with E-state index >= 15 is 0 Å². The van der Waals surface area contributed by atoms with E-state index in [1.54, 1.807) is 37.7 Å². The Morgan fingerprint density at radius 1 is 0.837 bits per heavy atom. The van der Waals surface area contributed by atoms with Gasteiger partial charge in [0.05, 0.1) is 19.6 Å². The van der Waals surface area contributed by atoms with Gasteiger partial charge in [0.1, 0.15) is 11.5 Å². The fraction of sp³-hybridized carbons (Fsp3) is 0.333. The predicted octanol–water partition coefficient (Wildman–Crippen LogP) is 7.99. The van der Waals surface area contributed by atoms with Gasteiger partial charge in [-0.3, -0.25) is 9.59 Å². The number of carboxylic acids is 1. The molecule has 0 spiro atoms. The van der Waals surface area contributed by atoms with Crippen LogP contribution in [0.5, 0.6) is 11.5 Å². The van der Waals surface area contributed by atoms with Crippen molar-refractivity contribution in [2.24, 2.45) is 5.92 Å². The van der Waals surface area contributed by atoms with Crippen LogP contribution in [0.1, 0.15) is 66.9 Å². The lowest BCUT2D eigenvalue weighted by Gasteiger charge is -2.13. The highest BCUT2D eigenvalue weighted by Crippen LogP contribution is 2.25. The molecule has 0 bridgehead atoms. The number of aromatic nitrogens is 2. The second kappa shape index (κ2) is 15.6. The molecule has 43 heavy (non-hydrogen) atoms. The minimum atomic E-state index is -0.997. The maximum Gasteiger partial charge on any atom is 0.307 e. The van der Waals surface area contributed by atoms with E-state index in [0.29, 0.717) is 17.1 Å². The predicted molar refractivity (Wildman–Crippen MR) is 169 cm³/mol. The van der Waals surface area contributed by atoms with Crippen LogP contribution in [0.4, 0.5) is 0 Å². The molecular formula is C36H40N2O5. The molecule has 0 aliphatic heterocycles. The first kappa shape index (κ1) is 31.4. The van der Waals surface area contributed by atoms with Gasteiger partial charge in [0, 0.05) is 35.5 Å². The van der Waals surface area contributed by atoms with Crippen LogP contribution < -0.4 is 9.47 Å². The van der Waals surface area contributed by atoms with Gasteiger partial charge in [-0.1, -0.05) is 69.0 Å². The smallest absolute Gasteiger partial charge is 0.307 e. The van der Waals surface area contributed by atoms with Crippen LogP contribution in [0.2, 0.25) is 0 Å². The van der Waals surface area contributed by atoms with Crippen LogP contribution in [-0.2, 0) is 11.2 Å². The minimum Gasteiger partial charge on any atom is -0.496 e. The van der Waals surface area contributed by atoms with E-state index in [-0.39, 0.29) is 18.6 Å². The molecule has 1 heterocycles. The molecule has 0 aliphatic carbocycles. The number of ketones is 1. The number of benzene rings is 3. The Hall–Kier alpha value is -4.52. The normalized spacial score (nSPS) is 11.6. The SMILES string of the molecule is CCCCCCCOc1ccc(-c2cnc(-c3ccc(C[C@H](CC(=O)c4ccc(OC)c(C)c4)C(=O)O)cc3)nc2)cc1. The van der Waals surface area contributed by atoms with Crippen molar-refractivity contribution in [2.75, 3.05) is 13.7 Å². The Morgan fingerprint density at radius 2 is 1.51 bits per heavy atom. The average Bonchev–Trinajstić information content (AvgIpc) is 3.03. The van der Waals surface area contributed by atoms with E-state index in [9.17, 15) is 14.7 Å². The first-order valence-electron chi connectivity index (χ1n) is 14.9. The van der Waals surface area contributed by atoms with E-state index in [2.05, 4.69) is 16.9 Å². The van der Waals surface area contributed by atoms with Crippen molar-refractivity contribution >= 4 is 11.8 Å². The Labute approximate surface area is 253 Å². The number of Topliss-reactive ketones (excluding diaryl/α,β-unsaturated/α-hetero) is 1. The summed E-state index contributed by atoms with van der Waals surface area (Å²) in [6.07, 6.45) is 9.82. The third-order valence-corrected chi connectivity index (χ3v) is 7.55. The second-order valence-corrected chi connectivity index (χ2v) is 10.8. The van der Waals surface area contributed by atoms with E-state index in [1.807, 2.05) is 55.5 Å². The van der Waals surface area contributed by atoms with E-state index in [4.69, 9.17) is 9.47 Å². The van der Waals surface area contributed by atoms with E-state index in [0.717, 1.165) is 46.6 Å². The van der Waals surface area contributed by atoms with Crippen LogP contribution in [0.25, 0.3) is 22.5 Å². The molecule has 1 aromatic heterocycles. The van der Waals surface area contributed by atoms with Gasteiger partial charge in [0.15, 0.2) is 11.6 Å². The molecule has 0 saturated heterocycles. The van der Waals surface area contributed by atoms with Crippen molar-refractivity contribution < 1.29 is 24.2 Å². The highest BCUT2D eigenvalue weighted by molar-refractivity contribution is 5.98. The quantitative estimate of drug-likeness (QED) is 0.106. The Kier molecular flexibility index (Phi) is 11.4. The second-order valence-electron chi connectivity index (χ2n) is 10.8. The molecule has 4 rings (SSSR count). The number of aryl methyl sites for hydroxylation is 1. The topological polar surface area (TPSA) is 98.6 Å². The van der Waals surface area contributed by atoms with Gasteiger partial charge in [0.2, 0.25) is 0 Å². The monoisotopic (exact) mass is 580 g/mol. The maximum absolute atomic E-state index is 12.8. The van der Waals surface area contributed by atoms with Crippen molar-refractivity contribution in [3.05, 3.63) is 95.8 Å². The summed E-state index contributed by atoms with van der Waals surface area (Å²) >= 11 is 0. The number of rotatable bonds is 16. The van der Waals surface area contributed by atoms with Crippen molar-refractivity contribution in [3.63, 3.8) is 0 Å². The number of carbonyl (C=O) groups excluding carboxylic acids is 1. The van der Waals surface area contributed by atoms with Gasteiger partial charge in [0.25, 0.3) is 0 Å². The van der Waals surface area contributed by atoms with Gasteiger partial charge in [-0.05, 0) is 66.8 Å². The van der Waals surface area contributed by atoms with Gasteiger partial charge in [-0.25, -0.2) is 9.97 Å². The summed E-state index contributed by atoms with van der Waals surface area (Å²) in [5, 5.41) is 9.81. The number of carbonyl (C=O) groups is 2. The zero-order chi connectivity index (χ0) is 30.6. The van der Waals surface area contributed by atoms with Crippen LogP contribution in [0.3, 0.4) is 0 Å². The Morgan fingerprint density at radius 3 is 2.14 bits per heavy atom. The van der Waals surface area contributed by atoms with Crippen LogP contribution in [0.15, 0.2) is 79.1 Å². The highest BCUT2D eigenvalue weighted by atomic mass is 16.5. The van der Waals surface area contributed by atoms with Gasteiger partial charge < -0.3 is 14.6 Å². The Balaban J connectivity index is 1.33. The molecule has 1 atom stereocenters.